The first-order chi connectivity index (χ1) is 15.5. The molecule has 0 radical (unpaired) electrons. The van der Waals surface area contributed by atoms with Gasteiger partial charge in [0, 0.05) is 28.8 Å². The summed E-state index contributed by atoms with van der Waals surface area (Å²) >= 11 is 0. The van der Waals surface area contributed by atoms with Crippen molar-refractivity contribution in [2.24, 2.45) is 0 Å². The molecule has 1 aliphatic rings. The van der Waals surface area contributed by atoms with Gasteiger partial charge >= 0.3 is 29.6 Å². The van der Waals surface area contributed by atoms with Gasteiger partial charge in [-0.2, -0.15) is 0 Å². The molecule has 0 unspecified atom stereocenters. The second-order valence-electron chi connectivity index (χ2n) is 7.19. The van der Waals surface area contributed by atoms with Crippen LogP contribution in [0.25, 0.3) is 5.57 Å². The Morgan fingerprint density at radius 3 is 2.33 bits per heavy atom. The smallest absolute Gasteiger partial charge is 0.545 e. The number of rotatable bonds is 7. The summed E-state index contributed by atoms with van der Waals surface area (Å²) in [6.45, 7) is 0.0457. The predicted molar refractivity (Wildman–Crippen MR) is 116 cm³/mol. The van der Waals surface area contributed by atoms with Crippen molar-refractivity contribution < 1.29 is 58.5 Å². The Morgan fingerprint density at radius 1 is 0.970 bits per heavy atom. The minimum atomic E-state index is -1.47. The van der Waals surface area contributed by atoms with Crippen LogP contribution in [-0.4, -0.2) is 25.7 Å². The van der Waals surface area contributed by atoms with E-state index in [-0.39, 0.29) is 59.5 Å². The number of carboxylic acid groups (broad SMARTS) is 1. The third kappa shape index (κ3) is 5.39. The van der Waals surface area contributed by atoms with Crippen molar-refractivity contribution in [3.8, 4) is 17.2 Å². The number of nitrogen functional groups attached to an aromatic ring is 1. The number of hydrogen-bond acceptors (Lipinski definition) is 7. The Balaban J connectivity index is 0.00000306. The average Bonchev–Trinajstić information content (AvgIpc) is 3.26. The number of ketones is 1. The van der Waals surface area contributed by atoms with Gasteiger partial charge in [0.2, 0.25) is 6.79 Å². The molecule has 0 fully saturated rings. The second kappa shape index (κ2) is 10.6. The molecule has 33 heavy (non-hydrogen) atoms. The van der Waals surface area contributed by atoms with E-state index in [2.05, 4.69) is 0 Å². The molecular formula is C25H20NNaO6. The van der Waals surface area contributed by atoms with Gasteiger partial charge < -0.3 is 29.8 Å². The van der Waals surface area contributed by atoms with Gasteiger partial charge in [-0.15, -0.1) is 0 Å². The number of allylic oxidation sites excluding steroid dienone is 1. The zero-order valence-corrected chi connectivity index (χ0v) is 20.3. The summed E-state index contributed by atoms with van der Waals surface area (Å²) in [5, 5.41) is 12.3. The zero-order valence-electron chi connectivity index (χ0n) is 18.3. The van der Waals surface area contributed by atoms with E-state index in [0.29, 0.717) is 34.1 Å². The van der Waals surface area contributed by atoms with E-state index >= 15 is 0 Å². The third-order valence-electron chi connectivity index (χ3n) is 5.13. The maximum Gasteiger partial charge on any atom is 1.00 e. The number of benzene rings is 3. The number of anilines is 1. The monoisotopic (exact) mass is 453 g/mol. The number of methoxy groups -OCH3 is 1. The maximum atomic E-state index is 13.5. The molecule has 1 heterocycles. The molecule has 162 valence electrons. The van der Waals surface area contributed by atoms with Crippen LogP contribution in [0, 0.1) is 0 Å². The van der Waals surface area contributed by atoms with Gasteiger partial charge in [-0.3, -0.25) is 4.79 Å². The molecule has 1 aliphatic heterocycles. The number of hydrogen-bond donors (Lipinski definition) is 1. The summed E-state index contributed by atoms with van der Waals surface area (Å²) in [6, 6.07) is 18.1. The Morgan fingerprint density at radius 2 is 1.67 bits per heavy atom. The molecule has 0 amide bonds. The van der Waals surface area contributed by atoms with E-state index in [9.17, 15) is 14.7 Å². The topological polar surface area (TPSA) is 111 Å². The number of nitrogens with two attached hydrogens (primary N) is 1. The van der Waals surface area contributed by atoms with Gasteiger partial charge in [0.25, 0.3) is 0 Å². The number of fused-ring (bicyclic) bond motifs is 1. The first-order valence-corrected chi connectivity index (χ1v) is 9.84. The summed E-state index contributed by atoms with van der Waals surface area (Å²) in [6.07, 6.45) is 0.0493. The van der Waals surface area contributed by atoms with Crippen molar-refractivity contribution >= 4 is 23.0 Å². The maximum absolute atomic E-state index is 13.5. The molecule has 7 nitrogen and oxygen atoms in total. The standard InChI is InChI=1S/C25H21NO6.Na/c1-30-19-8-5-16(6-9-19)24(27)20(12-15-3-2-4-18(26)11-15)23(25(28)29)17-7-10-21-22(13-17)32-14-31-21;/h2-11,13H,12,14,26H2,1H3,(H,28,29);/q;+1/p-1/b23-20-;. The first-order valence-electron chi connectivity index (χ1n) is 9.84. The van der Waals surface area contributed by atoms with Gasteiger partial charge in [-0.1, -0.05) is 18.2 Å². The van der Waals surface area contributed by atoms with Crippen molar-refractivity contribution in [3.63, 3.8) is 0 Å². The fourth-order valence-electron chi connectivity index (χ4n) is 3.57. The largest absolute Gasteiger partial charge is 1.00 e. The van der Waals surface area contributed by atoms with Crippen molar-refractivity contribution in [2.45, 2.75) is 6.42 Å². The second-order valence-corrected chi connectivity index (χ2v) is 7.19. The number of aliphatic carboxylic acids is 1. The van der Waals surface area contributed by atoms with Crippen LogP contribution in [0.2, 0.25) is 0 Å². The van der Waals surface area contributed by atoms with Crippen molar-refractivity contribution in [2.75, 3.05) is 19.6 Å². The molecule has 0 saturated heterocycles. The van der Waals surface area contributed by atoms with E-state index < -0.39 is 11.8 Å². The fourth-order valence-corrected chi connectivity index (χ4v) is 3.57. The zero-order chi connectivity index (χ0) is 22.7. The molecule has 8 heteroatoms. The van der Waals surface area contributed by atoms with Crippen molar-refractivity contribution in [1.29, 1.82) is 0 Å². The van der Waals surface area contributed by atoms with Crippen LogP contribution < -0.4 is 54.6 Å². The Kier molecular flexibility index (Phi) is 7.81. The molecular weight excluding hydrogens is 433 g/mol. The van der Waals surface area contributed by atoms with Gasteiger partial charge in [-0.25, -0.2) is 0 Å². The minimum Gasteiger partial charge on any atom is -0.545 e. The summed E-state index contributed by atoms with van der Waals surface area (Å²) in [5.41, 5.74) is 7.56. The van der Waals surface area contributed by atoms with Gasteiger partial charge in [-0.05, 0) is 59.7 Å². The summed E-state index contributed by atoms with van der Waals surface area (Å²) < 4.78 is 15.8. The number of carboxylic acids is 1. The van der Waals surface area contributed by atoms with E-state index in [4.69, 9.17) is 19.9 Å². The van der Waals surface area contributed by atoms with E-state index in [0.717, 1.165) is 0 Å². The Labute approximate surface area is 213 Å². The summed E-state index contributed by atoms with van der Waals surface area (Å²) in [4.78, 5) is 25.8. The molecule has 2 N–H and O–H groups in total. The van der Waals surface area contributed by atoms with Gasteiger partial charge in [0.15, 0.2) is 17.3 Å². The molecule has 0 aromatic heterocycles. The van der Waals surface area contributed by atoms with E-state index in [1.807, 2.05) is 0 Å². The summed E-state index contributed by atoms with van der Waals surface area (Å²) in [5.74, 6) is -0.415. The van der Waals surface area contributed by atoms with Crippen molar-refractivity contribution in [3.05, 3.63) is 89.0 Å². The number of carbonyl (C=O) groups is 2. The first kappa shape index (κ1) is 24.4. The number of ether oxygens (including phenoxy) is 3. The minimum absolute atomic E-state index is 0. The van der Waals surface area contributed by atoms with Crippen LogP contribution in [0.15, 0.2) is 72.3 Å². The van der Waals surface area contributed by atoms with Crippen LogP contribution in [0.5, 0.6) is 17.2 Å². The molecule has 0 atom stereocenters. The van der Waals surface area contributed by atoms with Gasteiger partial charge in [0.1, 0.15) is 5.75 Å². The van der Waals surface area contributed by atoms with Crippen LogP contribution in [0.1, 0.15) is 21.5 Å². The Bertz CT molecular complexity index is 1220. The molecule has 0 saturated carbocycles. The van der Waals surface area contributed by atoms with Crippen LogP contribution in [0.3, 0.4) is 0 Å². The predicted octanol–water partition coefficient (Wildman–Crippen LogP) is -0.361. The van der Waals surface area contributed by atoms with Crippen LogP contribution in [0.4, 0.5) is 5.69 Å². The fraction of sp³-hybridized carbons (Fsp3) is 0.120. The molecule has 4 rings (SSSR count). The van der Waals surface area contributed by atoms with Crippen LogP contribution >= 0.6 is 0 Å². The quantitative estimate of drug-likeness (QED) is 0.225. The number of Topliss-reactive ketones (excluding diaryl/α,β-unsaturated/α-hetero) is 1. The molecule has 0 bridgehead atoms. The van der Waals surface area contributed by atoms with Crippen molar-refractivity contribution in [1.82, 2.24) is 0 Å². The van der Waals surface area contributed by atoms with E-state index in [1.54, 1.807) is 60.7 Å². The van der Waals surface area contributed by atoms with E-state index in [1.165, 1.54) is 13.2 Å². The summed E-state index contributed by atoms with van der Waals surface area (Å²) in [7, 11) is 1.52. The third-order valence-corrected chi connectivity index (χ3v) is 5.13. The molecule has 0 aliphatic carbocycles. The molecule has 0 spiro atoms. The Hall–Kier alpha value is -3.26. The average molecular weight is 453 g/mol. The molecule has 3 aromatic carbocycles. The number of carbonyl (C=O) groups excluding carboxylic acids is 2. The normalized spacial score (nSPS) is 12.4. The molecule has 3 aromatic rings. The van der Waals surface area contributed by atoms with Gasteiger partial charge in [0.05, 0.1) is 13.1 Å². The SMILES string of the molecule is COc1ccc(C(=O)/C(Cc2cccc(N)c2)=C(\C(=O)[O-])c2ccc3c(c2)OCO3)cc1.[Na+]. The van der Waals surface area contributed by atoms with Crippen LogP contribution in [-0.2, 0) is 11.2 Å².